The van der Waals surface area contributed by atoms with Crippen LogP contribution in [0.1, 0.15) is 87.0 Å². The minimum atomic E-state index is -2.76. The zero-order valence-electron chi connectivity index (χ0n) is 20.7. The molecule has 0 radical (unpaired) electrons. The summed E-state index contributed by atoms with van der Waals surface area (Å²) in [5, 5.41) is 0.860. The Morgan fingerprint density at radius 1 is 0.833 bits per heavy atom. The number of hydrogen-bond acceptors (Lipinski definition) is 2. The first kappa shape index (κ1) is 27.0. The van der Waals surface area contributed by atoms with E-state index < -0.39 is 7.14 Å². The van der Waals surface area contributed by atoms with Crippen molar-refractivity contribution in [2.45, 2.75) is 87.0 Å². The molecule has 0 aliphatic heterocycles. The Kier molecular flexibility index (Phi) is 10.9. The molecule has 0 saturated carbocycles. The molecule has 0 aliphatic carbocycles. The number of nitrogens with zero attached hydrogens (tertiary/aromatic N) is 1. The molecular weight excluding hydrogens is 389 g/mol. The van der Waals surface area contributed by atoms with Gasteiger partial charge in [-0.1, -0.05) is 111 Å². The molecule has 0 spiro atoms. The van der Waals surface area contributed by atoms with Crippen LogP contribution in [0.25, 0.3) is 0 Å². The van der Waals surface area contributed by atoms with E-state index >= 15 is 0 Å². The van der Waals surface area contributed by atoms with Crippen LogP contribution < -0.4 is 5.30 Å². The van der Waals surface area contributed by atoms with Crippen molar-refractivity contribution in [3.05, 3.63) is 30.3 Å². The quantitative estimate of drug-likeness (QED) is 0.263. The van der Waals surface area contributed by atoms with Gasteiger partial charge in [-0.05, 0) is 17.3 Å². The molecule has 30 heavy (non-hydrogen) atoms. The Morgan fingerprint density at radius 2 is 1.33 bits per heavy atom. The van der Waals surface area contributed by atoms with Crippen molar-refractivity contribution in [3.63, 3.8) is 0 Å². The van der Waals surface area contributed by atoms with Crippen LogP contribution in [-0.4, -0.2) is 36.2 Å². The molecule has 1 unspecified atom stereocenters. The van der Waals surface area contributed by atoms with Gasteiger partial charge in [0.15, 0.2) is 0 Å². The number of hydrogen-bond donors (Lipinski definition) is 0. The van der Waals surface area contributed by atoms with Gasteiger partial charge in [0.05, 0.1) is 6.16 Å². The lowest BCUT2D eigenvalue weighted by Crippen LogP contribution is -2.44. The van der Waals surface area contributed by atoms with Gasteiger partial charge in [-0.25, -0.2) is 0 Å². The van der Waals surface area contributed by atoms with E-state index in [1.54, 1.807) is 0 Å². The Morgan fingerprint density at radius 3 is 1.83 bits per heavy atom. The zero-order valence-corrected chi connectivity index (χ0v) is 21.6. The van der Waals surface area contributed by atoms with E-state index in [4.69, 9.17) is 0 Å². The van der Waals surface area contributed by atoms with Crippen molar-refractivity contribution >= 4 is 18.4 Å². The molecule has 0 aromatic heterocycles. The van der Waals surface area contributed by atoms with Crippen LogP contribution in [0.2, 0.25) is 0 Å². The number of rotatable bonds is 12. The molecule has 1 rings (SSSR count). The first-order chi connectivity index (χ1) is 13.9. The molecule has 1 aromatic carbocycles. The number of carbonyl (C=O) groups excluding carboxylic acids is 1. The number of amides is 1. The molecule has 1 amide bonds. The average Bonchev–Trinajstić information content (AvgIpc) is 2.62. The van der Waals surface area contributed by atoms with Crippen LogP contribution in [0.5, 0.6) is 0 Å². The summed E-state index contributed by atoms with van der Waals surface area (Å²) in [6.07, 6.45) is 7.75. The Balaban J connectivity index is 2.97. The molecule has 1 atom stereocenters. The molecule has 0 saturated heterocycles. The minimum Gasteiger partial charge on any atom is -0.341 e. The maximum Gasteiger partial charge on any atom is 0.230 e. The standard InChI is InChI=1S/C26H46NO2P/c1-8-9-10-11-12-16-19-30(29,23-17-14-13-15-18-23)20-24(28)27(21-25(2,3)4)22-26(5,6)7/h13-15,17-18H,8-12,16,19-22H2,1-7H3. The van der Waals surface area contributed by atoms with E-state index in [0.29, 0.717) is 19.3 Å². The van der Waals surface area contributed by atoms with Crippen LogP contribution in [0.4, 0.5) is 0 Å². The maximum atomic E-state index is 14.1. The van der Waals surface area contributed by atoms with Gasteiger partial charge in [0.2, 0.25) is 5.91 Å². The Labute approximate surface area is 186 Å². The summed E-state index contributed by atoms with van der Waals surface area (Å²) < 4.78 is 14.1. The van der Waals surface area contributed by atoms with Crippen molar-refractivity contribution in [2.24, 2.45) is 10.8 Å². The second-order valence-electron chi connectivity index (χ2n) is 11.2. The molecule has 0 aliphatic rings. The van der Waals surface area contributed by atoms with Crippen LogP contribution in [0, 0.1) is 10.8 Å². The summed E-state index contributed by atoms with van der Waals surface area (Å²) in [5.74, 6) is 0.0398. The number of benzene rings is 1. The van der Waals surface area contributed by atoms with Gasteiger partial charge in [-0.3, -0.25) is 4.79 Å². The second-order valence-corrected chi connectivity index (χ2v) is 14.3. The average molecular weight is 436 g/mol. The molecule has 0 bridgehead atoms. The SMILES string of the molecule is CCCCCCCCP(=O)(CC(=O)N(CC(C)(C)C)CC(C)(C)C)c1ccccc1. The third kappa shape index (κ3) is 10.8. The molecule has 3 nitrogen and oxygen atoms in total. The fraction of sp³-hybridized carbons (Fsp3) is 0.731. The molecule has 4 heteroatoms. The fourth-order valence-corrected chi connectivity index (χ4v) is 6.53. The third-order valence-electron chi connectivity index (χ3n) is 5.17. The van der Waals surface area contributed by atoms with Crippen LogP contribution >= 0.6 is 7.14 Å². The summed E-state index contributed by atoms with van der Waals surface area (Å²) >= 11 is 0. The van der Waals surface area contributed by atoms with Gasteiger partial charge in [0.25, 0.3) is 0 Å². The first-order valence-corrected chi connectivity index (χ1v) is 13.9. The van der Waals surface area contributed by atoms with Crippen LogP contribution in [-0.2, 0) is 9.36 Å². The largest absolute Gasteiger partial charge is 0.341 e. The van der Waals surface area contributed by atoms with E-state index in [0.717, 1.165) is 18.1 Å². The van der Waals surface area contributed by atoms with Gasteiger partial charge >= 0.3 is 0 Å². The summed E-state index contributed by atoms with van der Waals surface area (Å²) in [7, 11) is -2.76. The van der Waals surface area contributed by atoms with E-state index in [1.165, 1.54) is 25.7 Å². The monoisotopic (exact) mass is 435 g/mol. The minimum absolute atomic E-state index is 0.0108. The zero-order chi connectivity index (χ0) is 22.8. The van der Waals surface area contributed by atoms with E-state index in [9.17, 15) is 9.36 Å². The molecule has 1 aromatic rings. The second kappa shape index (κ2) is 12.1. The fourth-order valence-electron chi connectivity index (χ4n) is 3.84. The molecular formula is C26H46NO2P. The molecule has 0 fully saturated rings. The highest BCUT2D eigenvalue weighted by Gasteiger charge is 2.32. The lowest BCUT2D eigenvalue weighted by molar-refractivity contribution is -0.131. The number of carbonyl (C=O) groups is 1. The lowest BCUT2D eigenvalue weighted by Gasteiger charge is -2.35. The molecule has 172 valence electrons. The summed E-state index contributed by atoms with van der Waals surface area (Å²) in [6, 6.07) is 9.73. The van der Waals surface area contributed by atoms with Crippen molar-refractivity contribution in [3.8, 4) is 0 Å². The van der Waals surface area contributed by atoms with Crippen molar-refractivity contribution < 1.29 is 9.36 Å². The molecule has 0 N–H and O–H groups in total. The third-order valence-corrected chi connectivity index (χ3v) is 8.23. The smallest absolute Gasteiger partial charge is 0.230 e. The van der Waals surface area contributed by atoms with Gasteiger partial charge in [-0.2, -0.15) is 0 Å². The van der Waals surface area contributed by atoms with Gasteiger partial charge in [0, 0.05) is 24.6 Å². The van der Waals surface area contributed by atoms with Crippen molar-refractivity contribution in [1.82, 2.24) is 4.90 Å². The van der Waals surface area contributed by atoms with E-state index in [2.05, 4.69) is 48.5 Å². The van der Waals surface area contributed by atoms with E-state index in [1.807, 2.05) is 35.2 Å². The number of unbranched alkanes of at least 4 members (excludes halogenated alkanes) is 5. The first-order valence-electron chi connectivity index (χ1n) is 11.8. The highest BCUT2D eigenvalue weighted by Crippen LogP contribution is 2.46. The summed E-state index contributed by atoms with van der Waals surface area (Å²) in [4.78, 5) is 15.4. The highest BCUT2D eigenvalue weighted by molar-refractivity contribution is 7.72. The van der Waals surface area contributed by atoms with Gasteiger partial charge in [0.1, 0.15) is 7.14 Å². The normalized spacial score (nSPS) is 14.4. The van der Waals surface area contributed by atoms with Gasteiger partial charge in [-0.15, -0.1) is 0 Å². The molecule has 0 heterocycles. The van der Waals surface area contributed by atoms with Crippen molar-refractivity contribution in [2.75, 3.05) is 25.4 Å². The van der Waals surface area contributed by atoms with Crippen LogP contribution in [0.3, 0.4) is 0 Å². The predicted octanol–water partition coefficient (Wildman–Crippen LogP) is 6.96. The Bertz CT molecular complexity index is 655. The van der Waals surface area contributed by atoms with E-state index in [-0.39, 0.29) is 22.9 Å². The lowest BCUT2D eigenvalue weighted by atomic mass is 9.92. The predicted molar refractivity (Wildman–Crippen MR) is 132 cm³/mol. The highest BCUT2D eigenvalue weighted by atomic mass is 31.2. The van der Waals surface area contributed by atoms with Crippen LogP contribution in [0.15, 0.2) is 30.3 Å². The summed E-state index contributed by atoms with van der Waals surface area (Å²) in [6.45, 7) is 16.5. The Hall–Kier alpha value is -1.08. The van der Waals surface area contributed by atoms with Gasteiger partial charge < -0.3 is 9.46 Å². The topological polar surface area (TPSA) is 37.4 Å². The summed E-state index contributed by atoms with van der Waals surface area (Å²) in [5.41, 5.74) is 0.0217. The maximum absolute atomic E-state index is 14.1. The van der Waals surface area contributed by atoms with Crippen molar-refractivity contribution in [1.29, 1.82) is 0 Å².